The number of hydrogen-bond acceptors (Lipinski definition) is 7. The highest BCUT2D eigenvalue weighted by atomic mass is 16.4. The smallest absolute Gasteiger partial charge is 0.303 e. The van der Waals surface area contributed by atoms with E-state index in [0.29, 0.717) is 38.9 Å². The number of aliphatic carboxylic acids is 1. The first-order valence-electron chi connectivity index (χ1n) is 19.9. The number of hydrogen-bond donors (Lipinski definition) is 3. The van der Waals surface area contributed by atoms with Crippen LogP contribution in [0.1, 0.15) is 79.0 Å². The summed E-state index contributed by atoms with van der Waals surface area (Å²) < 4.78 is 0. The third kappa shape index (κ3) is 8.18. The van der Waals surface area contributed by atoms with Crippen LogP contribution in [-0.4, -0.2) is 56.9 Å². The van der Waals surface area contributed by atoms with Crippen molar-refractivity contribution >= 4 is 33.7 Å². The summed E-state index contributed by atoms with van der Waals surface area (Å²) in [5.74, 6) is -0.751. The molecular formula is C49H54N6O4. The summed E-state index contributed by atoms with van der Waals surface area (Å²) in [7, 11) is 0. The summed E-state index contributed by atoms with van der Waals surface area (Å²) in [6.07, 6.45) is 0.222. The summed E-state index contributed by atoms with van der Waals surface area (Å²) >= 11 is 0. The predicted octanol–water partition coefficient (Wildman–Crippen LogP) is 10.4. The van der Waals surface area contributed by atoms with Crippen LogP contribution in [0.3, 0.4) is 0 Å². The summed E-state index contributed by atoms with van der Waals surface area (Å²) in [6, 6.07) is 46.3. The number of nitrogens with zero attached hydrogens (tertiary/aromatic N) is 6. The number of carboxylic acids is 1. The number of aromatic nitrogens is 6. The number of benzene rings is 5. The molecule has 5 aromatic carbocycles. The second-order valence-electron chi connectivity index (χ2n) is 16.8. The molecule has 0 saturated heterocycles. The molecular weight excluding hydrogens is 737 g/mol. The maximum absolute atomic E-state index is 14.2. The maximum atomic E-state index is 14.2. The van der Waals surface area contributed by atoms with Crippen LogP contribution in [0, 0.1) is 5.41 Å². The molecule has 2 heterocycles. The molecule has 2 aromatic heterocycles. The molecule has 7 aromatic rings. The molecule has 0 bridgehead atoms. The van der Waals surface area contributed by atoms with Gasteiger partial charge in [0.15, 0.2) is 6.04 Å². The van der Waals surface area contributed by atoms with Crippen LogP contribution >= 0.6 is 0 Å². The lowest BCUT2D eigenvalue weighted by Crippen LogP contribution is -2.61. The predicted molar refractivity (Wildman–Crippen MR) is 235 cm³/mol. The SMILES string of the molecule is CC(C)(C)C1=C(C(C)(C)c2ccccc2)C(O)=C(n2nc3ccccc3n2)C(n2nc3ccccc3n2)C1(O)C(C)(C)c1ccccc1.CCC(=O)O.c1ccccc1. The van der Waals surface area contributed by atoms with Crippen molar-refractivity contribution in [3.05, 3.63) is 174 Å². The summed E-state index contributed by atoms with van der Waals surface area (Å²) in [4.78, 5) is 12.4. The molecule has 10 nitrogen and oxygen atoms in total. The highest BCUT2D eigenvalue weighted by Crippen LogP contribution is 2.61. The first-order valence-corrected chi connectivity index (χ1v) is 19.9. The number of aliphatic hydroxyl groups excluding tert-OH is 1. The molecule has 0 amide bonds. The van der Waals surface area contributed by atoms with Crippen molar-refractivity contribution < 1.29 is 20.1 Å². The van der Waals surface area contributed by atoms with Crippen molar-refractivity contribution in [3.8, 4) is 0 Å². The van der Waals surface area contributed by atoms with Crippen LogP contribution in [0.4, 0.5) is 0 Å². The van der Waals surface area contributed by atoms with E-state index in [1.165, 1.54) is 4.80 Å². The van der Waals surface area contributed by atoms with Gasteiger partial charge in [-0.3, -0.25) is 4.79 Å². The number of carbonyl (C=O) groups is 1. The number of aliphatic hydroxyl groups is 2. The molecule has 1 aliphatic rings. The van der Waals surface area contributed by atoms with Crippen LogP contribution in [-0.2, 0) is 15.6 Å². The Labute approximate surface area is 346 Å². The Bertz CT molecular complexity index is 2490. The molecule has 8 rings (SSSR count). The fraction of sp³-hybridized carbons (Fsp3) is 0.286. The number of allylic oxidation sites excluding steroid dienone is 1. The van der Waals surface area contributed by atoms with Crippen LogP contribution < -0.4 is 0 Å². The second kappa shape index (κ2) is 16.8. The monoisotopic (exact) mass is 790 g/mol. The van der Waals surface area contributed by atoms with E-state index in [4.69, 9.17) is 25.5 Å². The Morgan fingerprint density at radius 1 is 0.610 bits per heavy atom. The molecule has 2 atom stereocenters. The highest BCUT2D eigenvalue weighted by molar-refractivity contribution is 5.77. The van der Waals surface area contributed by atoms with Crippen LogP contribution in [0.2, 0.25) is 0 Å². The van der Waals surface area contributed by atoms with Crippen molar-refractivity contribution in [1.82, 2.24) is 30.0 Å². The Kier molecular flexibility index (Phi) is 12.0. The fourth-order valence-electron chi connectivity index (χ4n) is 8.01. The van der Waals surface area contributed by atoms with Gasteiger partial charge in [0.05, 0.1) is 0 Å². The Morgan fingerprint density at radius 2 is 0.966 bits per heavy atom. The van der Waals surface area contributed by atoms with Gasteiger partial charge in [0.2, 0.25) is 0 Å². The van der Waals surface area contributed by atoms with Crippen LogP contribution in [0.5, 0.6) is 0 Å². The van der Waals surface area contributed by atoms with E-state index >= 15 is 0 Å². The van der Waals surface area contributed by atoms with Gasteiger partial charge in [0.1, 0.15) is 39.1 Å². The van der Waals surface area contributed by atoms with Crippen molar-refractivity contribution in [2.45, 2.75) is 84.3 Å². The minimum Gasteiger partial charge on any atom is -0.506 e. The molecule has 0 spiro atoms. The zero-order valence-electron chi connectivity index (χ0n) is 35.1. The van der Waals surface area contributed by atoms with Crippen molar-refractivity contribution in [2.24, 2.45) is 5.41 Å². The van der Waals surface area contributed by atoms with E-state index in [9.17, 15) is 15.0 Å². The average molecular weight is 791 g/mol. The molecule has 59 heavy (non-hydrogen) atoms. The van der Waals surface area contributed by atoms with Gasteiger partial charge in [-0.15, -0.1) is 15.0 Å². The molecule has 1 aliphatic carbocycles. The zero-order chi connectivity index (χ0) is 42.6. The van der Waals surface area contributed by atoms with E-state index in [1.807, 2.05) is 133 Å². The Balaban J connectivity index is 0.000000466. The van der Waals surface area contributed by atoms with Crippen LogP contribution in [0.25, 0.3) is 27.8 Å². The van der Waals surface area contributed by atoms with Crippen molar-refractivity contribution in [3.63, 3.8) is 0 Å². The van der Waals surface area contributed by atoms with Gasteiger partial charge < -0.3 is 15.3 Å². The second-order valence-corrected chi connectivity index (χ2v) is 16.8. The number of rotatable bonds is 7. The number of fused-ring (bicyclic) bond motifs is 2. The van der Waals surface area contributed by atoms with Gasteiger partial charge in [-0.25, -0.2) is 0 Å². The molecule has 304 valence electrons. The standard InChI is InChI=1S/C40H42N6O2.C6H6.C3H6O2/c1-37(2,3)35-32(38(4,5)26-18-10-8-11-19-26)34(47)33(45-41-28-22-14-15-23-29(28)42-45)36(46-43-30-24-16-17-25-31(30)44-46)40(35,48)39(6,7)27-20-12-9-13-21-27;1-2-4-6-5-3-1;1-2-3(4)5/h8-25,36,47-48H,1-7H3;1-6H;2H2,1H3,(H,4,5). The molecule has 0 aliphatic heterocycles. The molecule has 0 fully saturated rings. The van der Waals surface area contributed by atoms with E-state index in [1.54, 1.807) is 11.7 Å². The van der Waals surface area contributed by atoms with Gasteiger partial charge in [0, 0.05) is 22.8 Å². The largest absolute Gasteiger partial charge is 0.506 e. The van der Waals surface area contributed by atoms with Gasteiger partial charge in [-0.1, -0.05) is 177 Å². The third-order valence-electron chi connectivity index (χ3n) is 11.1. The lowest BCUT2D eigenvalue weighted by atomic mass is 9.53. The van der Waals surface area contributed by atoms with E-state index in [2.05, 4.69) is 60.6 Å². The van der Waals surface area contributed by atoms with Crippen molar-refractivity contribution in [1.29, 1.82) is 0 Å². The zero-order valence-corrected chi connectivity index (χ0v) is 35.1. The van der Waals surface area contributed by atoms with Crippen LogP contribution in [0.15, 0.2) is 162 Å². The molecule has 3 N–H and O–H groups in total. The third-order valence-corrected chi connectivity index (χ3v) is 11.1. The van der Waals surface area contributed by atoms with E-state index in [0.717, 1.165) is 11.1 Å². The summed E-state index contributed by atoms with van der Waals surface area (Å²) in [5.41, 5.74) is 2.10. The lowest BCUT2D eigenvalue weighted by Gasteiger charge is -2.56. The van der Waals surface area contributed by atoms with Gasteiger partial charge in [-0.2, -0.15) is 15.0 Å². The summed E-state index contributed by atoms with van der Waals surface area (Å²) in [5, 5.41) is 54.6. The van der Waals surface area contributed by atoms with Gasteiger partial charge in [0.25, 0.3) is 0 Å². The first-order chi connectivity index (χ1) is 28.0. The molecule has 2 unspecified atom stereocenters. The minimum absolute atomic E-state index is 0.00558. The van der Waals surface area contributed by atoms with Gasteiger partial charge in [-0.05, 0) is 46.4 Å². The average Bonchev–Trinajstić information content (AvgIpc) is 3.87. The highest BCUT2D eigenvalue weighted by Gasteiger charge is 2.63. The summed E-state index contributed by atoms with van der Waals surface area (Å²) in [6.45, 7) is 16.2. The molecule has 10 heteroatoms. The normalized spacial score (nSPS) is 17.3. The van der Waals surface area contributed by atoms with Crippen molar-refractivity contribution in [2.75, 3.05) is 0 Å². The topological polar surface area (TPSA) is 139 Å². The lowest BCUT2D eigenvalue weighted by molar-refractivity contribution is -0.136. The Hall–Kier alpha value is -6.39. The fourth-order valence-corrected chi connectivity index (χ4v) is 8.01. The van der Waals surface area contributed by atoms with E-state index in [-0.39, 0.29) is 12.2 Å². The minimum atomic E-state index is -1.73. The maximum Gasteiger partial charge on any atom is 0.303 e. The Morgan fingerprint density at radius 3 is 1.36 bits per heavy atom. The van der Waals surface area contributed by atoms with E-state index < -0.39 is 33.9 Å². The molecule has 0 saturated carbocycles. The molecule has 0 radical (unpaired) electrons. The van der Waals surface area contributed by atoms with Gasteiger partial charge >= 0.3 is 5.97 Å². The first kappa shape index (κ1) is 42.2. The quantitative estimate of drug-likeness (QED) is 0.145. The number of carboxylic acid groups (broad SMARTS) is 1.